The fourth-order valence-corrected chi connectivity index (χ4v) is 2.11. The fraction of sp³-hybridized carbons (Fsp3) is 0.250. The molecule has 1 aromatic carbocycles. The Balaban J connectivity index is 2.12. The van der Waals surface area contributed by atoms with Crippen LogP contribution in [0.2, 0.25) is 0 Å². The van der Waals surface area contributed by atoms with Gasteiger partial charge in [0.05, 0.1) is 6.26 Å². The Labute approximate surface area is 112 Å². The van der Waals surface area contributed by atoms with Gasteiger partial charge in [-0.3, -0.25) is 4.79 Å². The smallest absolute Gasteiger partial charge is 0.163 e. The molecule has 98 valence electrons. The third-order valence-electron chi connectivity index (χ3n) is 3.01. The first-order valence-corrected chi connectivity index (χ1v) is 6.28. The highest BCUT2D eigenvalue weighted by molar-refractivity contribution is 5.96. The van der Waals surface area contributed by atoms with Gasteiger partial charge in [-0.05, 0) is 19.1 Å². The summed E-state index contributed by atoms with van der Waals surface area (Å²) in [7, 11) is 0. The van der Waals surface area contributed by atoms with Crippen LogP contribution in [0.25, 0.3) is 0 Å². The summed E-state index contributed by atoms with van der Waals surface area (Å²) in [4.78, 5) is 23.5. The second kappa shape index (κ2) is 6.14. The normalized spacial score (nSPS) is 12.1. The zero-order chi connectivity index (χ0) is 13.7. The summed E-state index contributed by atoms with van der Waals surface area (Å²) in [6, 6.07) is 12.7. The van der Waals surface area contributed by atoms with Crippen LogP contribution in [-0.2, 0) is 4.79 Å². The fourth-order valence-electron chi connectivity index (χ4n) is 2.11. The van der Waals surface area contributed by atoms with Crippen LogP contribution in [0.3, 0.4) is 0 Å². The number of rotatable bonds is 6. The highest BCUT2D eigenvalue weighted by atomic mass is 16.3. The van der Waals surface area contributed by atoms with Gasteiger partial charge in [-0.2, -0.15) is 0 Å². The van der Waals surface area contributed by atoms with Crippen LogP contribution in [0.5, 0.6) is 0 Å². The van der Waals surface area contributed by atoms with E-state index in [4.69, 9.17) is 4.42 Å². The molecule has 2 rings (SSSR count). The van der Waals surface area contributed by atoms with Crippen LogP contribution >= 0.6 is 0 Å². The molecule has 1 aromatic heterocycles. The van der Waals surface area contributed by atoms with Gasteiger partial charge in [0.25, 0.3) is 0 Å². The largest absolute Gasteiger partial charge is 0.469 e. The molecule has 0 aliphatic heterocycles. The van der Waals surface area contributed by atoms with Crippen molar-refractivity contribution in [2.45, 2.75) is 25.7 Å². The highest BCUT2D eigenvalue weighted by Gasteiger charge is 2.21. The Hall–Kier alpha value is -2.16. The number of carbonyl (C=O) groups excluding carboxylic acids is 2. The standard InChI is InChI=1S/C16H16O3/c1-12(17)10-14(16-8-5-9-19-16)11-15(18)13-6-3-2-4-7-13/h2-9,14H,10-11H2,1H3/t14-/m0/s1. The third kappa shape index (κ3) is 3.65. The predicted molar refractivity (Wildman–Crippen MR) is 72.1 cm³/mol. The van der Waals surface area contributed by atoms with E-state index in [-0.39, 0.29) is 23.9 Å². The summed E-state index contributed by atoms with van der Waals surface area (Å²) in [5.41, 5.74) is 0.669. The molecule has 0 amide bonds. The third-order valence-corrected chi connectivity index (χ3v) is 3.01. The second-order valence-corrected chi connectivity index (χ2v) is 4.61. The molecule has 0 bridgehead atoms. The van der Waals surface area contributed by atoms with E-state index >= 15 is 0 Å². The first-order chi connectivity index (χ1) is 9.16. The number of hydrogen-bond acceptors (Lipinski definition) is 3. The first-order valence-electron chi connectivity index (χ1n) is 6.28. The average molecular weight is 256 g/mol. The van der Waals surface area contributed by atoms with Crippen molar-refractivity contribution in [3.05, 3.63) is 60.1 Å². The number of ketones is 2. The van der Waals surface area contributed by atoms with Crippen LogP contribution in [0.15, 0.2) is 53.1 Å². The van der Waals surface area contributed by atoms with Gasteiger partial charge in [0.15, 0.2) is 5.78 Å². The van der Waals surface area contributed by atoms with Crippen LogP contribution in [-0.4, -0.2) is 11.6 Å². The Morgan fingerprint density at radius 2 is 1.79 bits per heavy atom. The van der Waals surface area contributed by atoms with Crippen LogP contribution in [0.1, 0.15) is 41.8 Å². The number of carbonyl (C=O) groups is 2. The molecule has 0 saturated heterocycles. The maximum Gasteiger partial charge on any atom is 0.163 e. The highest BCUT2D eigenvalue weighted by Crippen LogP contribution is 2.26. The molecule has 1 atom stereocenters. The predicted octanol–water partition coefficient (Wildman–Crippen LogP) is 3.62. The number of furan rings is 1. The van der Waals surface area contributed by atoms with Crippen LogP contribution in [0.4, 0.5) is 0 Å². The lowest BCUT2D eigenvalue weighted by molar-refractivity contribution is -0.117. The molecule has 3 nitrogen and oxygen atoms in total. The van der Waals surface area contributed by atoms with E-state index in [2.05, 4.69) is 0 Å². The van der Waals surface area contributed by atoms with E-state index in [0.29, 0.717) is 17.7 Å². The van der Waals surface area contributed by atoms with Gasteiger partial charge in [0.2, 0.25) is 0 Å². The lowest BCUT2D eigenvalue weighted by atomic mass is 9.92. The van der Waals surface area contributed by atoms with E-state index in [1.165, 1.54) is 6.92 Å². The van der Waals surface area contributed by atoms with Crippen molar-refractivity contribution >= 4 is 11.6 Å². The average Bonchev–Trinajstić information content (AvgIpc) is 2.92. The summed E-state index contributed by atoms with van der Waals surface area (Å²) >= 11 is 0. The minimum Gasteiger partial charge on any atom is -0.469 e. The van der Waals surface area contributed by atoms with Gasteiger partial charge in [0.1, 0.15) is 11.5 Å². The van der Waals surface area contributed by atoms with Crippen molar-refractivity contribution in [3.63, 3.8) is 0 Å². The topological polar surface area (TPSA) is 47.3 Å². The van der Waals surface area contributed by atoms with E-state index in [1.54, 1.807) is 24.5 Å². The van der Waals surface area contributed by atoms with E-state index < -0.39 is 0 Å². The monoisotopic (exact) mass is 256 g/mol. The summed E-state index contributed by atoms with van der Waals surface area (Å²) in [5.74, 6) is 0.602. The Morgan fingerprint density at radius 1 is 1.05 bits per heavy atom. The van der Waals surface area contributed by atoms with Gasteiger partial charge < -0.3 is 9.21 Å². The van der Waals surface area contributed by atoms with Crippen molar-refractivity contribution in [2.75, 3.05) is 0 Å². The van der Waals surface area contributed by atoms with Gasteiger partial charge in [-0.1, -0.05) is 30.3 Å². The van der Waals surface area contributed by atoms with Gasteiger partial charge in [-0.15, -0.1) is 0 Å². The van der Waals surface area contributed by atoms with Gasteiger partial charge in [0, 0.05) is 24.3 Å². The van der Waals surface area contributed by atoms with Crippen molar-refractivity contribution in [3.8, 4) is 0 Å². The number of hydrogen-bond donors (Lipinski definition) is 0. The van der Waals surface area contributed by atoms with Crippen LogP contribution in [0, 0.1) is 0 Å². The first kappa shape index (κ1) is 13.3. The quantitative estimate of drug-likeness (QED) is 0.742. The minimum absolute atomic E-state index is 0.0308. The van der Waals surface area contributed by atoms with E-state index in [1.807, 2.05) is 24.3 Å². The van der Waals surface area contributed by atoms with Crippen molar-refractivity contribution in [1.29, 1.82) is 0 Å². The van der Waals surface area contributed by atoms with Gasteiger partial charge in [-0.25, -0.2) is 0 Å². The van der Waals surface area contributed by atoms with Crippen molar-refractivity contribution in [1.82, 2.24) is 0 Å². The molecule has 0 aliphatic rings. The molecule has 3 heteroatoms. The molecule has 0 radical (unpaired) electrons. The van der Waals surface area contributed by atoms with E-state index in [9.17, 15) is 9.59 Å². The molecular formula is C16H16O3. The SMILES string of the molecule is CC(=O)C[C@@H](CC(=O)c1ccccc1)c1ccco1. The summed E-state index contributed by atoms with van der Waals surface area (Å²) in [5, 5.41) is 0. The molecule has 0 fully saturated rings. The molecule has 2 aromatic rings. The summed E-state index contributed by atoms with van der Waals surface area (Å²) in [6.07, 6.45) is 2.18. The zero-order valence-electron chi connectivity index (χ0n) is 10.8. The Morgan fingerprint density at radius 3 is 2.37 bits per heavy atom. The Bertz CT molecular complexity index is 541. The van der Waals surface area contributed by atoms with Crippen molar-refractivity contribution < 1.29 is 14.0 Å². The second-order valence-electron chi connectivity index (χ2n) is 4.61. The number of Topliss-reactive ketones (excluding diaryl/α,β-unsaturated/α-hetero) is 2. The minimum atomic E-state index is -0.180. The molecule has 1 heterocycles. The lowest BCUT2D eigenvalue weighted by Gasteiger charge is -2.12. The maximum atomic E-state index is 12.2. The van der Waals surface area contributed by atoms with E-state index in [0.717, 1.165) is 0 Å². The Kier molecular flexibility index (Phi) is 4.29. The van der Waals surface area contributed by atoms with Crippen molar-refractivity contribution in [2.24, 2.45) is 0 Å². The molecule has 0 spiro atoms. The van der Waals surface area contributed by atoms with Gasteiger partial charge >= 0.3 is 0 Å². The molecule has 0 unspecified atom stereocenters. The summed E-state index contributed by atoms with van der Waals surface area (Å²) < 4.78 is 5.33. The molecular weight excluding hydrogens is 240 g/mol. The maximum absolute atomic E-state index is 12.2. The summed E-state index contributed by atoms with van der Waals surface area (Å²) in [6.45, 7) is 1.53. The number of benzene rings is 1. The molecule has 0 N–H and O–H groups in total. The lowest BCUT2D eigenvalue weighted by Crippen LogP contribution is -2.10. The molecule has 0 saturated carbocycles. The zero-order valence-corrected chi connectivity index (χ0v) is 10.8. The molecule has 19 heavy (non-hydrogen) atoms. The molecule has 0 aliphatic carbocycles. The van der Waals surface area contributed by atoms with Crippen LogP contribution < -0.4 is 0 Å².